The molecular formula is C21H30N2O3S. The minimum absolute atomic E-state index is 0.207. The van der Waals surface area contributed by atoms with Crippen LogP contribution in [0.2, 0.25) is 0 Å². The number of nitrogens with zero attached hydrogens (tertiary/aromatic N) is 1. The van der Waals surface area contributed by atoms with Crippen LogP contribution in [0.25, 0.3) is 6.08 Å². The average Bonchev–Trinajstić information content (AvgIpc) is 3.03. The number of Topliss-reactive ketones (excluding diaryl/α,β-unsaturated/α-hetero) is 1. The standard InChI is InChI=1S/C21H30N2O3S/c1-16(14-18-15-27-17(2)23-18)20-10-9-19(24)8-7-12-22-11-5-3-4-6-13-26-21(20)25/h3-4,14-15,20,22H,5-13H2,1-2H3. The van der Waals surface area contributed by atoms with Gasteiger partial charge in [-0.2, -0.15) is 0 Å². The lowest BCUT2D eigenvalue weighted by Gasteiger charge is -2.16. The van der Waals surface area contributed by atoms with Gasteiger partial charge in [-0.1, -0.05) is 17.7 Å². The highest BCUT2D eigenvalue weighted by atomic mass is 32.1. The third-order valence-corrected chi connectivity index (χ3v) is 5.34. The van der Waals surface area contributed by atoms with Gasteiger partial charge in [-0.25, -0.2) is 4.98 Å². The van der Waals surface area contributed by atoms with Crippen molar-refractivity contribution in [1.82, 2.24) is 10.3 Å². The van der Waals surface area contributed by atoms with E-state index in [1.165, 1.54) is 0 Å². The number of hydrogen-bond acceptors (Lipinski definition) is 6. The van der Waals surface area contributed by atoms with Gasteiger partial charge in [0.1, 0.15) is 5.78 Å². The molecule has 5 nitrogen and oxygen atoms in total. The number of ketones is 1. The number of nitrogens with one attached hydrogen (secondary N) is 1. The SMILES string of the molecule is CC(=Cc1csc(C)n1)C1CCC(=O)CCCNCCC=CCCOC1=O. The van der Waals surface area contributed by atoms with Crippen LogP contribution in [-0.4, -0.2) is 36.4 Å². The molecule has 0 bridgehead atoms. The summed E-state index contributed by atoms with van der Waals surface area (Å²) in [5.41, 5.74) is 1.76. The zero-order valence-corrected chi connectivity index (χ0v) is 17.1. The molecule has 27 heavy (non-hydrogen) atoms. The summed E-state index contributed by atoms with van der Waals surface area (Å²) in [6, 6.07) is 0. The minimum Gasteiger partial charge on any atom is -0.465 e. The van der Waals surface area contributed by atoms with Crippen molar-refractivity contribution in [2.24, 2.45) is 5.92 Å². The van der Waals surface area contributed by atoms with Crippen molar-refractivity contribution in [2.45, 2.75) is 52.4 Å². The summed E-state index contributed by atoms with van der Waals surface area (Å²) < 4.78 is 5.48. The Morgan fingerprint density at radius 3 is 2.85 bits per heavy atom. The average molecular weight is 391 g/mol. The molecule has 0 saturated carbocycles. The lowest BCUT2D eigenvalue weighted by molar-refractivity contribution is -0.147. The molecule has 0 amide bonds. The van der Waals surface area contributed by atoms with Gasteiger partial charge in [0.15, 0.2) is 0 Å². The molecule has 1 aliphatic rings. The second-order valence-corrected chi connectivity index (χ2v) is 7.94. The molecule has 6 heteroatoms. The number of esters is 1. The van der Waals surface area contributed by atoms with Gasteiger partial charge in [-0.3, -0.25) is 9.59 Å². The second kappa shape index (κ2) is 11.8. The first-order valence-corrected chi connectivity index (χ1v) is 10.6. The monoisotopic (exact) mass is 390 g/mol. The van der Waals surface area contributed by atoms with Crippen molar-refractivity contribution < 1.29 is 14.3 Å². The fourth-order valence-corrected chi connectivity index (χ4v) is 3.60. The molecule has 0 aromatic carbocycles. The maximum atomic E-state index is 12.6. The number of hydrogen-bond donors (Lipinski definition) is 1. The largest absolute Gasteiger partial charge is 0.465 e. The normalized spacial score (nSPS) is 21.9. The van der Waals surface area contributed by atoms with Crippen molar-refractivity contribution in [3.8, 4) is 0 Å². The highest BCUT2D eigenvalue weighted by molar-refractivity contribution is 7.09. The van der Waals surface area contributed by atoms with Crippen LogP contribution in [0.15, 0.2) is 23.1 Å². The maximum Gasteiger partial charge on any atom is 0.313 e. The number of carbonyl (C=O) groups is 2. The number of thiazole rings is 1. The van der Waals surface area contributed by atoms with Gasteiger partial charge in [-0.15, -0.1) is 11.3 Å². The third kappa shape index (κ3) is 8.18. The van der Waals surface area contributed by atoms with Gasteiger partial charge in [0.2, 0.25) is 0 Å². The highest BCUT2D eigenvalue weighted by Gasteiger charge is 2.23. The Labute approximate surface area is 165 Å². The summed E-state index contributed by atoms with van der Waals surface area (Å²) in [5, 5.41) is 6.31. The van der Waals surface area contributed by atoms with Gasteiger partial charge in [-0.05, 0) is 58.7 Å². The minimum atomic E-state index is -0.397. The first-order valence-electron chi connectivity index (χ1n) is 9.70. The molecule has 0 spiro atoms. The molecule has 2 rings (SSSR count). The number of ether oxygens (including phenoxy) is 1. The Bertz CT molecular complexity index is 679. The van der Waals surface area contributed by atoms with E-state index in [0.717, 1.165) is 42.2 Å². The molecule has 0 saturated heterocycles. The summed E-state index contributed by atoms with van der Waals surface area (Å²) >= 11 is 1.58. The van der Waals surface area contributed by atoms with E-state index in [2.05, 4.69) is 22.5 Å². The first-order chi connectivity index (χ1) is 13.1. The molecule has 148 valence electrons. The van der Waals surface area contributed by atoms with E-state index < -0.39 is 5.92 Å². The second-order valence-electron chi connectivity index (χ2n) is 6.88. The molecule has 1 unspecified atom stereocenters. The van der Waals surface area contributed by atoms with Crippen LogP contribution >= 0.6 is 11.3 Å². The van der Waals surface area contributed by atoms with E-state index in [0.29, 0.717) is 32.3 Å². The van der Waals surface area contributed by atoms with Gasteiger partial charge in [0.05, 0.1) is 23.2 Å². The first kappa shape index (κ1) is 21.5. The van der Waals surface area contributed by atoms with Crippen molar-refractivity contribution in [1.29, 1.82) is 0 Å². The number of cyclic esters (lactones) is 1. The Hall–Kier alpha value is -1.79. The molecular weight excluding hydrogens is 360 g/mol. The summed E-state index contributed by atoms with van der Waals surface area (Å²) in [7, 11) is 0. The molecule has 1 aliphatic heterocycles. The van der Waals surface area contributed by atoms with Crippen molar-refractivity contribution in [3.05, 3.63) is 33.8 Å². The van der Waals surface area contributed by atoms with E-state index in [-0.39, 0.29) is 11.8 Å². The number of aromatic nitrogens is 1. The van der Waals surface area contributed by atoms with Crippen LogP contribution in [-0.2, 0) is 14.3 Å². The zero-order valence-electron chi connectivity index (χ0n) is 16.3. The zero-order chi connectivity index (χ0) is 19.5. The van der Waals surface area contributed by atoms with Crippen LogP contribution in [0.1, 0.15) is 56.2 Å². The Balaban J connectivity index is 2.07. The van der Waals surface area contributed by atoms with Gasteiger partial charge >= 0.3 is 5.97 Å². The van der Waals surface area contributed by atoms with E-state index in [1.807, 2.05) is 25.3 Å². The van der Waals surface area contributed by atoms with Crippen LogP contribution in [0.4, 0.5) is 0 Å². The third-order valence-electron chi connectivity index (χ3n) is 4.55. The van der Waals surface area contributed by atoms with Gasteiger partial charge in [0, 0.05) is 18.2 Å². The topological polar surface area (TPSA) is 68.3 Å². The fourth-order valence-electron chi connectivity index (χ4n) is 3.03. The summed E-state index contributed by atoms with van der Waals surface area (Å²) in [4.78, 5) is 29.3. The van der Waals surface area contributed by atoms with Crippen LogP contribution in [0, 0.1) is 12.8 Å². The molecule has 1 aromatic rings. The molecule has 1 aromatic heterocycles. The predicted octanol–water partition coefficient (Wildman–Crippen LogP) is 4.08. The van der Waals surface area contributed by atoms with Crippen LogP contribution in [0.5, 0.6) is 0 Å². The Morgan fingerprint density at radius 2 is 2.07 bits per heavy atom. The van der Waals surface area contributed by atoms with Crippen molar-refractivity contribution >= 4 is 29.2 Å². The Morgan fingerprint density at radius 1 is 1.26 bits per heavy atom. The molecule has 0 fully saturated rings. The number of rotatable bonds is 2. The van der Waals surface area contributed by atoms with Gasteiger partial charge in [0.25, 0.3) is 0 Å². The number of carbonyl (C=O) groups excluding carboxylic acids is 2. The molecule has 0 aliphatic carbocycles. The molecule has 2 heterocycles. The quantitative estimate of drug-likeness (QED) is 0.609. The molecule has 1 N–H and O–H groups in total. The van der Waals surface area contributed by atoms with E-state index in [9.17, 15) is 9.59 Å². The van der Waals surface area contributed by atoms with E-state index >= 15 is 0 Å². The summed E-state index contributed by atoms with van der Waals surface area (Å²) in [6.07, 6.45) is 10.0. The van der Waals surface area contributed by atoms with Crippen LogP contribution in [0.3, 0.4) is 0 Å². The molecule has 1 atom stereocenters. The predicted molar refractivity (Wildman–Crippen MR) is 110 cm³/mol. The lowest BCUT2D eigenvalue weighted by Crippen LogP contribution is -2.21. The van der Waals surface area contributed by atoms with Gasteiger partial charge < -0.3 is 10.1 Å². The maximum absolute atomic E-state index is 12.6. The Kier molecular flexibility index (Phi) is 9.42. The summed E-state index contributed by atoms with van der Waals surface area (Å²) in [6.45, 7) is 6.02. The van der Waals surface area contributed by atoms with Crippen molar-refractivity contribution in [2.75, 3.05) is 19.7 Å². The van der Waals surface area contributed by atoms with E-state index in [4.69, 9.17) is 4.74 Å². The molecule has 0 radical (unpaired) electrons. The van der Waals surface area contributed by atoms with Crippen LogP contribution < -0.4 is 5.32 Å². The lowest BCUT2D eigenvalue weighted by atomic mass is 9.92. The number of aryl methyl sites for hydroxylation is 1. The summed E-state index contributed by atoms with van der Waals surface area (Å²) in [5.74, 6) is -0.435. The van der Waals surface area contributed by atoms with E-state index in [1.54, 1.807) is 11.3 Å². The van der Waals surface area contributed by atoms with Crippen molar-refractivity contribution in [3.63, 3.8) is 0 Å². The smallest absolute Gasteiger partial charge is 0.313 e. The fraction of sp³-hybridized carbons (Fsp3) is 0.571. The highest BCUT2D eigenvalue weighted by Crippen LogP contribution is 2.23.